The first kappa shape index (κ1) is 19.7. The molecule has 2 bridgehead atoms. The van der Waals surface area contributed by atoms with Crippen LogP contribution in [-0.4, -0.2) is 27.1 Å². The summed E-state index contributed by atoms with van der Waals surface area (Å²) in [5, 5.41) is 13.1. The van der Waals surface area contributed by atoms with E-state index >= 15 is 0 Å². The van der Waals surface area contributed by atoms with E-state index in [1.807, 2.05) is 16.7 Å². The van der Waals surface area contributed by atoms with Crippen molar-refractivity contribution in [1.29, 1.82) is 0 Å². The van der Waals surface area contributed by atoms with Gasteiger partial charge in [0.2, 0.25) is 0 Å². The van der Waals surface area contributed by atoms with Crippen molar-refractivity contribution in [1.82, 2.24) is 9.88 Å². The van der Waals surface area contributed by atoms with E-state index in [4.69, 9.17) is 0 Å². The van der Waals surface area contributed by atoms with Gasteiger partial charge in [0.1, 0.15) is 0 Å². The maximum Gasteiger partial charge on any atom is 0.416 e. The maximum absolute atomic E-state index is 13.0. The topological polar surface area (TPSA) is 71.3 Å². The Hall–Kier alpha value is -3.29. The summed E-state index contributed by atoms with van der Waals surface area (Å²) < 4.78 is 40.3. The number of alkyl halides is 3. The molecule has 3 saturated carbocycles. The third-order valence-corrected chi connectivity index (χ3v) is 6.53. The summed E-state index contributed by atoms with van der Waals surface area (Å²) in [6.45, 7) is 0.319. The van der Waals surface area contributed by atoms with E-state index in [0.717, 1.165) is 17.5 Å². The SMILES string of the molecule is O=C(NC12CC(C(=O)O)(C1)C2)c1cccc2ccn(Cc3ccc(C(F)(F)F)cc3)c12. The quantitative estimate of drug-likeness (QED) is 0.631. The monoisotopic (exact) mass is 428 g/mol. The van der Waals surface area contributed by atoms with Crippen LogP contribution in [0, 0.1) is 5.41 Å². The molecule has 0 aliphatic heterocycles. The second-order valence-electron chi connectivity index (χ2n) is 8.73. The molecule has 1 amide bonds. The van der Waals surface area contributed by atoms with Crippen LogP contribution in [-0.2, 0) is 17.5 Å². The molecule has 8 heteroatoms. The van der Waals surface area contributed by atoms with Crippen LogP contribution in [0.3, 0.4) is 0 Å². The molecule has 0 radical (unpaired) electrons. The Labute approximate surface area is 175 Å². The van der Waals surface area contributed by atoms with Crippen molar-refractivity contribution in [3.8, 4) is 0 Å². The number of hydrogen-bond donors (Lipinski definition) is 2. The fourth-order valence-corrected chi connectivity index (χ4v) is 5.03. The second kappa shape index (κ2) is 6.35. The van der Waals surface area contributed by atoms with Crippen LogP contribution in [0.1, 0.15) is 40.7 Å². The van der Waals surface area contributed by atoms with Gasteiger partial charge in [0.15, 0.2) is 0 Å². The lowest BCUT2D eigenvalue weighted by Gasteiger charge is -2.67. The van der Waals surface area contributed by atoms with Crippen LogP contribution in [0.2, 0.25) is 0 Å². The summed E-state index contributed by atoms with van der Waals surface area (Å²) in [6, 6.07) is 12.2. The van der Waals surface area contributed by atoms with Crippen LogP contribution < -0.4 is 5.32 Å². The van der Waals surface area contributed by atoms with Crippen molar-refractivity contribution >= 4 is 22.8 Å². The average Bonchev–Trinajstić information content (AvgIpc) is 3.05. The van der Waals surface area contributed by atoms with Crippen LogP contribution in [0.15, 0.2) is 54.7 Å². The molecule has 160 valence electrons. The fourth-order valence-electron chi connectivity index (χ4n) is 5.03. The Balaban J connectivity index is 1.39. The number of carbonyl (C=O) groups excluding carboxylic acids is 1. The first-order chi connectivity index (χ1) is 14.6. The first-order valence-corrected chi connectivity index (χ1v) is 9.91. The largest absolute Gasteiger partial charge is 0.481 e. The maximum atomic E-state index is 13.0. The highest BCUT2D eigenvalue weighted by atomic mass is 19.4. The number of nitrogens with one attached hydrogen (secondary N) is 1. The normalized spacial score (nSPS) is 24.4. The lowest BCUT2D eigenvalue weighted by Crippen LogP contribution is -2.77. The number of fused-ring (bicyclic) bond motifs is 1. The van der Waals surface area contributed by atoms with Crippen LogP contribution in [0.5, 0.6) is 0 Å². The Bertz CT molecular complexity index is 1190. The Morgan fingerprint density at radius 1 is 1.03 bits per heavy atom. The second-order valence-corrected chi connectivity index (χ2v) is 8.73. The highest BCUT2D eigenvalue weighted by molar-refractivity contribution is 6.06. The molecular formula is C23H19F3N2O3. The number of carboxylic acids is 1. The number of para-hydroxylation sites is 1. The van der Waals surface area contributed by atoms with Gasteiger partial charge in [-0.2, -0.15) is 13.2 Å². The molecule has 31 heavy (non-hydrogen) atoms. The van der Waals surface area contributed by atoms with E-state index < -0.39 is 28.7 Å². The number of hydrogen-bond acceptors (Lipinski definition) is 2. The van der Waals surface area contributed by atoms with E-state index in [1.165, 1.54) is 12.1 Å². The van der Waals surface area contributed by atoms with Gasteiger partial charge in [0.25, 0.3) is 5.91 Å². The van der Waals surface area contributed by atoms with Crippen molar-refractivity contribution in [2.45, 2.75) is 37.5 Å². The van der Waals surface area contributed by atoms with Crippen molar-refractivity contribution < 1.29 is 27.9 Å². The smallest absolute Gasteiger partial charge is 0.416 e. The Morgan fingerprint density at radius 2 is 1.71 bits per heavy atom. The lowest BCUT2D eigenvalue weighted by atomic mass is 9.39. The standard InChI is InChI=1S/C23H19F3N2O3/c24-23(25,26)16-6-4-14(5-7-16)10-28-9-8-15-2-1-3-17(18(15)28)19(29)27-22-11-21(12-22,13-22)20(30)31/h1-9H,10-13H2,(H,27,29)(H,30,31). The molecule has 2 aromatic carbocycles. The fraction of sp³-hybridized carbons (Fsp3) is 0.304. The summed E-state index contributed by atoms with van der Waals surface area (Å²) in [7, 11) is 0. The molecule has 1 heterocycles. The molecule has 0 spiro atoms. The molecule has 2 N–H and O–H groups in total. The number of aliphatic carboxylic acids is 1. The van der Waals surface area contributed by atoms with Crippen molar-refractivity contribution in [3.63, 3.8) is 0 Å². The number of halogens is 3. The van der Waals surface area contributed by atoms with E-state index in [9.17, 15) is 27.9 Å². The van der Waals surface area contributed by atoms with Crippen LogP contribution >= 0.6 is 0 Å². The molecule has 6 rings (SSSR count). The molecule has 0 saturated heterocycles. The van der Waals surface area contributed by atoms with E-state index in [2.05, 4.69) is 5.32 Å². The summed E-state index contributed by atoms with van der Waals surface area (Å²) in [5.74, 6) is -1.08. The zero-order valence-electron chi connectivity index (χ0n) is 16.4. The van der Waals surface area contributed by atoms with Gasteiger partial charge in [-0.3, -0.25) is 9.59 Å². The molecule has 5 nitrogen and oxygen atoms in total. The van der Waals surface area contributed by atoms with Gasteiger partial charge in [0, 0.05) is 23.7 Å². The van der Waals surface area contributed by atoms with Crippen LogP contribution in [0.25, 0.3) is 10.9 Å². The van der Waals surface area contributed by atoms with Gasteiger partial charge < -0.3 is 15.0 Å². The summed E-state index contributed by atoms with van der Waals surface area (Å²) in [4.78, 5) is 24.3. The van der Waals surface area contributed by atoms with Crippen molar-refractivity contribution in [2.24, 2.45) is 5.41 Å². The van der Waals surface area contributed by atoms with E-state index in [1.54, 1.807) is 18.3 Å². The van der Waals surface area contributed by atoms with Gasteiger partial charge in [-0.05, 0) is 49.1 Å². The van der Waals surface area contributed by atoms with Gasteiger partial charge in [-0.25, -0.2) is 0 Å². The number of nitrogens with zero attached hydrogens (tertiary/aromatic N) is 1. The molecule has 3 fully saturated rings. The predicted octanol–water partition coefficient (Wildman–Crippen LogP) is 4.45. The number of rotatable bonds is 5. The third kappa shape index (κ3) is 3.08. The number of amides is 1. The minimum absolute atomic E-state index is 0.267. The highest BCUT2D eigenvalue weighted by Crippen LogP contribution is 2.67. The Morgan fingerprint density at radius 3 is 2.32 bits per heavy atom. The lowest BCUT2D eigenvalue weighted by molar-refractivity contribution is -0.196. The number of benzene rings is 2. The van der Waals surface area contributed by atoms with E-state index in [0.29, 0.717) is 42.5 Å². The number of aromatic nitrogens is 1. The number of carboxylic acid groups (broad SMARTS) is 1. The first-order valence-electron chi connectivity index (χ1n) is 9.91. The number of carbonyl (C=O) groups is 2. The summed E-state index contributed by atoms with van der Waals surface area (Å²) in [5.41, 5.74) is 0.0164. The summed E-state index contributed by atoms with van der Waals surface area (Å²) in [6.07, 6.45) is -1.24. The van der Waals surface area contributed by atoms with Gasteiger partial charge in [-0.1, -0.05) is 24.3 Å². The average molecular weight is 428 g/mol. The van der Waals surface area contributed by atoms with Crippen molar-refractivity contribution in [3.05, 3.63) is 71.4 Å². The minimum atomic E-state index is -4.38. The third-order valence-electron chi connectivity index (χ3n) is 6.53. The molecule has 3 aromatic rings. The van der Waals surface area contributed by atoms with Gasteiger partial charge >= 0.3 is 12.1 Å². The van der Waals surface area contributed by atoms with E-state index in [-0.39, 0.29) is 5.91 Å². The Kier molecular flexibility index (Phi) is 4.03. The molecule has 3 aliphatic carbocycles. The van der Waals surface area contributed by atoms with Gasteiger partial charge in [0.05, 0.1) is 22.1 Å². The zero-order valence-corrected chi connectivity index (χ0v) is 16.4. The molecule has 0 unspecified atom stereocenters. The predicted molar refractivity (Wildman–Crippen MR) is 107 cm³/mol. The molecule has 3 aliphatic rings. The molecule has 0 atom stereocenters. The van der Waals surface area contributed by atoms with Gasteiger partial charge in [-0.15, -0.1) is 0 Å². The minimum Gasteiger partial charge on any atom is -0.481 e. The summed E-state index contributed by atoms with van der Waals surface area (Å²) >= 11 is 0. The molecule has 1 aromatic heterocycles. The van der Waals surface area contributed by atoms with Crippen molar-refractivity contribution in [2.75, 3.05) is 0 Å². The van der Waals surface area contributed by atoms with Crippen LogP contribution in [0.4, 0.5) is 13.2 Å². The zero-order chi connectivity index (χ0) is 22.0. The molecular weight excluding hydrogens is 409 g/mol. The highest BCUT2D eigenvalue weighted by Gasteiger charge is 2.72.